The van der Waals surface area contributed by atoms with Gasteiger partial charge in [-0.05, 0) is 41.6 Å². The molecule has 1 heterocycles. The fourth-order valence-corrected chi connectivity index (χ4v) is 3.04. The molecule has 0 unspecified atom stereocenters. The van der Waals surface area contributed by atoms with E-state index in [0.717, 1.165) is 22.7 Å². The van der Waals surface area contributed by atoms with Crippen molar-refractivity contribution in [2.75, 3.05) is 4.90 Å². The molecule has 2 aromatic carbocycles. The van der Waals surface area contributed by atoms with E-state index in [2.05, 4.69) is 0 Å². The highest BCUT2D eigenvalue weighted by Crippen LogP contribution is 2.36. The number of nitrogens with zero attached hydrogens (tertiary/aromatic N) is 2. The lowest BCUT2D eigenvalue weighted by Crippen LogP contribution is -2.27. The number of phenols is 1. The van der Waals surface area contributed by atoms with E-state index in [0.29, 0.717) is 11.3 Å². The van der Waals surface area contributed by atoms with Crippen molar-refractivity contribution in [3.63, 3.8) is 0 Å². The van der Waals surface area contributed by atoms with Gasteiger partial charge in [-0.25, -0.2) is 4.90 Å². The van der Waals surface area contributed by atoms with Gasteiger partial charge in [0.25, 0.3) is 11.1 Å². The molecule has 0 saturated carbocycles. The molecule has 1 N–H and O–H groups in total. The normalized spacial score (nSPS) is 16.0. The van der Waals surface area contributed by atoms with Gasteiger partial charge in [-0.15, -0.1) is 0 Å². The average Bonchev–Trinajstić information content (AvgIpc) is 2.83. The second kappa shape index (κ2) is 6.17. The largest absolute Gasteiger partial charge is 0.502 e. The second-order valence-corrected chi connectivity index (χ2v) is 5.85. The van der Waals surface area contributed by atoms with Gasteiger partial charge in [0.05, 0.1) is 15.5 Å². The fraction of sp³-hybridized carbons (Fsp3) is 0. The van der Waals surface area contributed by atoms with E-state index in [1.165, 1.54) is 18.2 Å². The van der Waals surface area contributed by atoms with Crippen LogP contribution < -0.4 is 4.90 Å². The summed E-state index contributed by atoms with van der Waals surface area (Å²) >= 11 is 0.756. The Morgan fingerprint density at radius 2 is 1.83 bits per heavy atom. The van der Waals surface area contributed by atoms with Crippen molar-refractivity contribution in [2.45, 2.75) is 0 Å². The minimum atomic E-state index is -0.720. The fourth-order valence-electron chi connectivity index (χ4n) is 2.20. The van der Waals surface area contributed by atoms with Crippen LogP contribution in [0.5, 0.6) is 5.75 Å². The predicted octanol–water partition coefficient (Wildman–Crippen LogP) is 3.54. The summed E-state index contributed by atoms with van der Waals surface area (Å²) in [5.74, 6) is -0.957. The number of phenolic OH excluding ortho intramolecular Hbond substituents is 1. The molecule has 2 aromatic rings. The maximum Gasteiger partial charge on any atom is 0.311 e. The van der Waals surface area contributed by atoms with Crippen molar-refractivity contribution < 1.29 is 19.6 Å². The highest BCUT2D eigenvalue weighted by Gasteiger charge is 2.36. The molecule has 1 aliphatic heterocycles. The van der Waals surface area contributed by atoms with E-state index < -0.39 is 27.5 Å². The third-order valence-electron chi connectivity index (χ3n) is 3.30. The number of thioether (sulfide) groups is 1. The van der Waals surface area contributed by atoms with E-state index in [-0.39, 0.29) is 4.91 Å². The van der Waals surface area contributed by atoms with Gasteiger partial charge in [0, 0.05) is 6.07 Å². The first-order valence-corrected chi connectivity index (χ1v) is 7.59. The Bertz CT molecular complexity index is 879. The Labute approximate surface area is 140 Å². The Morgan fingerprint density at radius 1 is 1.12 bits per heavy atom. The van der Waals surface area contributed by atoms with Crippen LogP contribution >= 0.6 is 11.8 Å². The molecule has 7 nitrogen and oxygen atoms in total. The lowest BCUT2D eigenvalue weighted by molar-refractivity contribution is -0.385. The molecule has 0 aromatic heterocycles. The molecule has 3 rings (SSSR count). The van der Waals surface area contributed by atoms with Crippen LogP contribution in [-0.2, 0) is 4.79 Å². The number of amides is 2. The van der Waals surface area contributed by atoms with Crippen LogP contribution in [0.4, 0.5) is 16.2 Å². The number of hydrogen-bond acceptors (Lipinski definition) is 6. The van der Waals surface area contributed by atoms with Crippen LogP contribution in [0.15, 0.2) is 53.4 Å². The maximum atomic E-state index is 12.4. The Kier molecular flexibility index (Phi) is 4.05. The summed E-state index contributed by atoms with van der Waals surface area (Å²) < 4.78 is 0. The molecule has 1 aliphatic rings. The topological polar surface area (TPSA) is 101 Å². The lowest BCUT2D eigenvalue weighted by Gasteiger charge is -2.11. The Morgan fingerprint density at radius 3 is 2.50 bits per heavy atom. The number of nitro groups is 1. The number of hydrogen-bond donors (Lipinski definition) is 1. The number of rotatable bonds is 3. The molecule has 0 atom stereocenters. The first-order chi connectivity index (χ1) is 11.5. The van der Waals surface area contributed by atoms with E-state index in [1.807, 2.05) is 0 Å². The van der Waals surface area contributed by atoms with Gasteiger partial charge in [0.2, 0.25) is 0 Å². The van der Waals surface area contributed by atoms with Gasteiger partial charge >= 0.3 is 5.69 Å². The highest BCUT2D eigenvalue weighted by atomic mass is 32.2. The molecule has 0 spiro atoms. The lowest BCUT2D eigenvalue weighted by atomic mass is 10.1. The smallest absolute Gasteiger partial charge is 0.311 e. The molecule has 1 fully saturated rings. The van der Waals surface area contributed by atoms with Gasteiger partial charge in [0.1, 0.15) is 0 Å². The summed E-state index contributed by atoms with van der Waals surface area (Å²) in [5, 5.41) is 19.9. The van der Waals surface area contributed by atoms with E-state index in [4.69, 9.17) is 0 Å². The standard InChI is InChI=1S/C16H10N2O5S/c19-13-7-6-10(8-12(13)18(22)23)9-14-15(20)17(16(21)24-14)11-4-2-1-3-5-11/h1-9,19H/b14-9+. The number of anilines is 1. The summed E-state index contributed by atoms with van der Waals surface area (Å²) in [4.78, 5) is 35.9. The number of para-hydroxylation sites is 1. The van der Waals surface area contributed by atoms with E-state index in [1.54, 1.807) is 30.3 Å². The second-order valence-electron chi connectivity index (χ2n) is 4.86. The van der Waals surface area contributed by atoms with E-state index >= 15 is 0 Å². The molecule has 1 saturated heterocycles. The summed E-state index contributed by atoms with van der Waals surface area (Å²) in [7, 11) is 0. The van der Waals surface area contributed by atoms with Gasteiger partial charge in [0.15, 0.2) is 5.75 Å². The first-order valence-electron chi connectivity index (χ1n) is 6.78. The monoisotopic (exact) mass is 342 g/mol. The van der Waals surface area contributed by atoms with Crippen LogP contribution in [-0.4, -0.2) is 21.2 Å². The van der Waals surface area contributed by atoms with Crippen LogP contribution in [0, 0.1) is 10.1 Å². The molecule has 0 radical (unpaired) electrons. The summed E-state index contributed by atoms with van der Waals surface area (Å²) in [6.07, 6.45) is 1.39. The SMILES string of the molecule is O=C1S/C(=C/c2ccc(O)c([N+](=O)[O-])c2)C(=O)N1c1ccccc1. The van der Waals surface area contributed by atoms with Crippen LogP contribution in [0.3, 0.4) is 0 Å². The molecular weight excluding hydrogens is 332 g/mol. The number of nitro benzene ring substituents is 1. The van der Waals surface area contributed by atoms with Gasteiger partial charge in [-0.1, -0.05) is 24.3 Å². The quantitative estimate of drug-likeness (QED) is 0.520. The predicted molar refractivity (Wildman–Crippen MR) is 89.7 cm³/mol. The first kappa shape index (κ1) is 15.8. The van der Waals surface area contributed by atoms with Crippen LogP contribution in [0.2, 0.25) is 0 Å². The number of carbonyl (C=O) groups is 2. The zero-order valence-corrected chi connectivity index (χ0v) is 12.9. The third-order valence-corrected chi connectivity index (χ3v) is 4.17. The molecular formula is C16H10N2O5S. The number of benzene rings is 2. The van der Waals surface area contributed by atoms with Crippen molar-refractivity contribution in [2.24, 2.45) is 0 Å². The van der Waals surface area contributed by atoms with Crippen molar-refractivity contribution in [3.8, 4) is 5.75 Å². The van der Waals surface area contributed by atoms with Crippen molar-refractivity contribution in [3.05, 3.63) is 69.1 Å². The maximum absolute atomic E-state index is 12.4. The number of aromatic hydroxyl groups is 1. The summed E-state index contributed by atoms with van der Waals surface area (Å²) in [6, 6.07) is 12.2. The molecule has 24 heavy (non-hydrogen) atoms. The average molecular weight is 342 g/mol. The zero-order valence-electron chi connectivity index (χ0n) is 12.1. The Hall–Kier alpha value is -3.13. The van der Waals surface area contributed by atoms with Gasteiger partial charge in [-0.3, -0.25) is 19.7 Å². The molecule has 0 aliphatic carbocycles. The number of carbonyl (C=O) groups excluding carboxylic acids is 2. The van der Waals surface area contributed by atoms with Gasteiger partial charge in [-0.2, -0.15) is 0 Å². The van der Waals surface area contributed by atoms with Gasteiger partial charge < -0.3 is 5.11 Å². The molecule has 8 heteroatoms. The van der Waals surface area contributed by atoms with Crippen LogP contribution in [0.25, 0.3) is 6.08 Å². The minimum Gasteiger partial charge on any atom is -0.502 e. The molecule has 2 amide bonds. The minimum absolute atomic E-state index is 0.156. The van der Waals surface area contributed by atoms with Crippen molar-refractivity contribution in [1.29, 1.82) is 0 Å². The van der Waals surface area contributed by atoms with Crippen molar-refractivity contribution in [1.82, 2.24) is 0 Å². The molecule has 0 bridgehead atoms. The Balaban J connectivity index is 1.95. The molecule has 120 valence electrons. The van der Waals surface area contributed by atoms with E-state index in [9.17, 15) is 24.8 Å². The van der Waals surface area contributed by atoms with Crippen molar-refractivity contribution >= 4 is 40.4 Å². The van der Waals surface area contributed by atoms with Crippen LogP contribution in [0.1, 0.15) is 5.56 Å². The number of imide groups is 1. The zero-order chi connectivity index (χ0) is 17.3. The summed E-state index contributed by atoms with van der Waals surface area (Å²) in [5.41, 5.74) is 0.337. The third kappa shape index (κ3) is 2.86. The highest BCUT2D eigenvalue weighted by molar-refractivity contribution is 8.19. The summed E-state index contributed by atoms with van der Waals surface area (Å²) in [6.45, 7) is 0.